The van der Waals surface area contributed by atoms with Crippen LogP contribution in [0.5, 0.6) is 0 Å². The van der Waals surface area contributed by atoms with Crippen molar-refractivity contribution in [2.45, 2.75) is 6.42 Å². The van der Waals surface area contributed by atoms with Crippen LogP contribution in [0.4, 0.5) is 5.69 Å². The number of rotatable bonds is 1. The first-order chi connectivity index (χ1) is 11.2. The second kappa shape index (κ2) is 5.25. The van der Waals surface area contributed by atoms with Crippen LogP contribution in [0.25, 0.3) is 10.9 Å². The van der Waals surface area contributed by atoms with Crippen LogP contribution in [0.3, 0.4) is 0 Å². The normalized spacial score (nSPS) is 15.9. The predicted octanol–water partition coefficient (Wildman–Crippen LogP) is 3.51. The van der Waals surface area contributed by atoms with Gasteiger partial charge in [-0.15, -0.1) is 0 Å². The summed E-state index contributed by atoms with van der Waals surface area (Å²) in [7, 11) is 0. The maximum atomic E-state index is 12.0. The molecule has 0 aliphatic heterocycles. The van der Waals surface area contributed by atoms with Crippen LogP contribution in [0.15, 0.2) is 65.8 Å². The molecule has 4 heteroatoms. The van der Waals surface area contributed by atoms with Crippen LogP contribution in [0, 0.1) is 0 Å². The SMILES string of the molecule is O=C1CC(=Nc2cccc3cccnc23)c2ccccc2C1=O. The average Bonchev–Trinajstić information content (AvgIpc) is 2.60. The third-order valence-corrected chi connectivity index (χ3v) is 3.93. The number of pyridine rings is 1. The third kappa shape index (κ3) is 2.25. The highest BCUT2D eigenvalue weighted by molar-refractivity contribution is 6.51. The standard InChI is InChI=1S/C19H12N2O2/c22-17-11-16(13-7-1-2-8-14(13)19(17)23)21-15-9-3-5-12-6-4-10-20-18(12)15/h1-10H,11H2. The van der Waals surface area contributed by atoms with E-state index in [9.17, 15) is 9.59 Å². The number of aromatic nitrogens is 1. The van der Waals surface area contributed by atoms with Crippen LogP contribution in [-0.4, -0.2) is 22.3 Å². The van der Waals surface area contributed by atoms with E-state index in [-0.39, 0.29) is 6.42 Å². The van der Waals surface area contributed by atoms with E-state index in [1.165, 1.54) is 0 Å². The second-order valence-electron chi connectivity index (χ2n) is 5.39. The Bertz CT molecular complexity index is 984. The quantitative estimate of drug-likeness (QED) is 0.646. The minimum atomic E-state index is -0.435. The number of ketones is 2. The Kier molecular flexibility index (Phi) is 3.08. The molecular formula is C19H12N2O2. The van der Waals surface area contributed by atoms with Crippen LogP contribution in [0.1, 0.15) is 22.3 Å². The lowest BCUT2D eigenvalue weighted by atomic mass is 9.88. The number of para-hydroxylation sites is 1. The van der Waals surface area contributed by atoms with E-state index in [1.54, 1.807) is 18.3 Å². The molecule has 4 nitrogen and oxygen atoms in total. The largest absolute Gasteiger partial charge is 0.290 e. The van der Waals surface area contributed by atoms with E-state index in [1.807, 2.05) is 42.5 Å². The first-order valence-electron chi connectivity index (χ1n) is 7.32. The minimum absolute atomic E-state index is 0.0269. The highest BCUT2D eigenvalue weighted by atomic mass is 16.2. The van der Waals surface area contributed by atoms with E-state index in [2.05, 4.69) is 9.98 Å². The van der Waals surface area contributed by atoms with Crippen molar-refractivity contribution < 1.29 is 9.59 Å². The number of hydrogen-bond donors (Lipinski definition) is 0. The Balaban J connectivity index is 1.93. The Labute approximate surface area is 132 Å². The fraction of sp³-hybridized carbons (Fsp3) is 0.0526. The van der Waals surface area contributed by atoms with Crippen molar-refractivity contribution in [2.24, 2.45) is 4.99 Å². The summed E-state index contributed by atoms with van der Waals surface area (Å²) in [6, 6.07) is 16.7. The summed E-state index contributed by atoms with van der Waals surface area (Å²) < 4.78 is 0. The summed E-state index contributed by atoms with van der Waals surface area (Å²) in [5.74, 6) is -0.855. The molecule has 0 atom stereocenters. The highest BCUT2D eigenvalue weighted by Crippen LogP contribution is 2.27. The van der Waals surface area contributed by atoms with E-state index >= 15 is 0 Å². The molecule has 110 valence electrons. The summed E-state index contributed by atoms with van der Waals surface area (Å²) in [5.41, 5.74) is 3.25. The Hall–Kier alpha value is -3.14. The van der Waals surface area contributed by atoms with Gasteiger partial charge in [-0.2, -0.15) is 0 Å². The van der Waals surface area contributed by atoms with Gasteiger partial charge in [0.1, 0.15) is 0 Å². The molecule has 0 radical (unpaired) electrons. The van der Waals surface area contributed by atoms with Gasteiger partial charge in [-0.25, -0.2) is 0 Å². The number of nitrogens with zero attached hydrogens (tertiary/aromatic N) is 2. The molecule has 0 bridgehead atoms. The molecule has 4 rings (SSSR count). The minimum Gasteiger partial charge on any atom is -0.290 e. The summed E-state index contributed by atoms with van der Waals surface area (Å²) in [5, 5.41) is 0.987. The maximum Gasteiger partial charge on any atom is 0.229 e. The van der Waals surface area contributed by atoms with Crippen LogP contribution in [-0.2, 0) is 4.79 Å². The van der Waals surface area contributed by atoms with Crippen molar-refractivity contribution in [1.29, 1.82) is 0 Å². The van der Waals surface area contributed by atoms with Crippen molar-refractivity contribution in [3.63, 3.8) is 0 Å². The number of benzene rings is 2. The topological polar surface area (TPSA) is 59.4 Å². The number of hydrogen-bond acceptors (Lipinski definition) is 4. The Morgan fingerprint density at radius 3 is 2.52 bits per heavy atom. The van der Waals surface area contributed by atoms with Crippen molar-refractivity contribution >= 4 is 33.9 Å². The fourth-order valence-corrected chi connectivity index (χ4v) is 2.83. The first-order valence-corrected chi connectivity index (χ1v) is 7.32. The summed E-state index contributed by atoms with van der Waals surface area (Å²) in [4.78, 5) is 33.0. The molecule has 0 unspecified atom stereocenters. The summed E-state index contributed by atoms with van der Waals surface area (Å²) in [6.45, 7) is 0. The van der Waals surface area contributed by atoms with Crippen molar-refractivity contribution in [2.75, 3.05) is 0 Å². The fourth-order valence-electron chi connectivity index (χ4n) is 2.83. The van der Waals surface area contributed by atoms with Gasteiger partial charge in [-0.3, -0.25) is 19.6 Å². The van der Waals surface area contributed by atoms with Crippen molar-refractivity contribution in [3.05, 3.63) is 71.9 Å². The number of carbonyl (C=O) groups excluding carboxylic acids is 2. The molecule has 0 spiro atoms. The molecule has 1 aliphatic rings. The van der Waals surface area contributed by atoms with Gasteiger partial charge in [-0.05, 0) is 12.1 Å². The molecule has 23 heavy (non-hydrogen) atoms. The molecule has 3 aromatic rings. The van der Waals surface area contributed by atoms with Gasteiger partial charge in [0, 0.05) is 22.7 Å². The van der Waals surface area contributed by atoms with Gasteiger partial charge in [0.05, 0.1) is 23.3 Å². The Morgan fingerprint density at radius 1 is 0.870 bits per heavy atom. The van der Waals surface area contributed by atoms with Crippen molar-refractivity contribution in [1.82, 2.24) is 4.98 Å². The van der Waals surface area contributed by atoms with Crippen molar-refractivity contribution in [3.8, 4) is 0 Å². The number of Topliss-reactive ketones (excluding diaryl/α,β-unsaturated/α-hetero) is 2. The third-order valence-electron chi connectivity index (χ3n) is 3.93. The lowest BCUT2D eigenvalue weighted by Crippen LogP contribution is -2.27. The zero-order chi connectivity index (χ0) is 15.8. The van der Waals surface area contributed by atoms with Gasteiger partial charge in [0.15, 0.2) is 0 Å². The highest BCUT2D eigenvalue weighted by Gasteiger charge is 2.29. The van der Waals surface area contributed by atoms with Crippen LogP contribution in [0.2, 0.25) is 0 Å². The second-order valence-corrected chi connectivity index (χ2v) is 5.39. The van der Waals surface area contributed by atoms with Gasteiger partial charge in [0.2, 0.25) is 11.6 Å². The molecule has 0 amide bonds. The van der Waals surface area contributed by atoms with E-state index in [0.29, 0.717) is 17.0 Å². The molecule has 0 saturated heterocycles. The first kappa shape index (κ1) is 13.5. The maximum absolute atomic E-state index is 12.0. The lowest BCUT2D eigenvalue weighted by Gasteiger charge is -2.16. The predicted molar refractivity (Wildman–Crippen MR) is 88.3 cm³/mol. The smallest absolute Gasteiger partial charge is 0.229 e. The lowest BCUT2D eigenvalue weighted by molar-refractivity contribution is -0.114. The molecule has 2 aromatic carbocycles. The molecule has 1 aliphatic carbocycles. The number of carbonyl (C=O) groups is 2. The molecular weight excluding hydrogens is 288 g/mol. The Morgan fingerprint density at radius 2 is 1.65 bits per heavy atom. The van der Waals surface area contributed by atoms with Gasteiger partial charge in [-0.1, -0.05) is 42.5 Å². The van der Waals surface area contributed by atoms with E-state index in [4.69, 9.17) is 0 Å². The zero-order valence-electron chi connectivity index (χ0n) is 12.2. The van der Waals surface area contributed by atoms with E-state index < -0.39 is 11.6 Å². The summed E-state index contributed by atoms with van der Waals surface area (Å²) >= 11 is 0. The molecule has 0 saturated carbocycles. The average molecular weight is 300 g/mol. The van der Waals surface area contributed by atoms with Gasteiger partial charge < -0.3 is 0 Å². The molecule has 0 N–H and O–H groups in total. The number of aliphatic imine (C=N–C) groups is 1. The monoisotopic (exact) mass is 300 g/mol. The van der Waals surface area contributed by atoms with Gasteiger partial charge >= 0.3 is 0 Å². The molecule has 1 aromatic heterocycles. The van der Waals surface area contributed by atoms with Gasteiger partial charge in [0.25, 0.3) is 0 Å². The van der Waals surface area contributed by atoms with Crippen LogP contribution >= 0.6 is 0 Å². The number of fused-ring (bicyclic) bond motifs is 2. The molecule has 0 fully saturated rings. The summed E-state index contributed by atoms with van der Waals surface area (Å²) in [6.07, 6.45) is 1.74. The molecule has 1 heterocycles. The van der Waals surface area contributed by atoms with Crippen LogP contribution < -0.4 is 0 Å². The van der Waals surface area contributed by atoms with E-state index in [0.717, 1.165) is 16.5 Å². The zero-order valence-corrected chi connectivity index (χ0v) is 12.2.